The van der Waals surface area contributed by atoms with Crippen LogP contribution in [0.5, 0.6) is 0 Å². The van der Waals surface area contributed by atoms with Crippen molar-refractivity contribution >= 4 is 27.5 Å². The summed E-state index contributed by atoms with van der Waals surface area (Å²) in [5.41, 5.74) is 6.40. The van der Waals surface area contributed by atoms with Crippen LogP contribution in [-0.4, -0.2) is 63.4 Å². The normalized spacial score (nSPS) is 12.2. The first-order valence-corrected chi connectivity index (χ1v) is 9.48. The molecule has 0 aliphatic heterocycles. The van der Waals surface area contributed by atoms with Crippen molar-refractivity contribution in [3.05, 3.63) is 24.3 Å². The van der Waals surface area contributed by atoms with Gasteiger partial charge in [0.15, 0.2) is 0 Å². The molecule has 0 radical (unpaired) electrons. The first-order chi connectivity index (χ1) is 9.81. The monoisotopic (exact) mass is 331 g/mol. The second-order valence-electron chi connectivity index (χ2n) is 5.22. The molecule has 0 saturated heterocycles. The Morgan fingerprint density at radius 2 is 1.90 bits per heavy atom. The van der Waals surface area contributed by atoms with Gasteiger partial charge in [-0.3, -0.25) is 0 Å². The number of benzene rings is 1. The Bertz CT molecular complexity index is 533. The van der Waals surface area contributed by atoms with Crippen molar-refractivity contribution < 1.29 is 8.42 Å². The third kappa shape index (κ3) is 7.17. The molecule has 21 heavy (non-hydrogen) atoms. The van der Waals surface area contributed by atoms with E-state index in [1.807, 2.05) is 38.4 Å². The minimum Gasteiger partial charge on any atom is -0.399 e. The van der Waals surface area contributed by atoms with Gasteiger partial charge in [0.1, 0.15) is 0 Å². The zero-order chi connectivity index (χ0) is 15.9. The Hall–Kier alpha value is -0.760. The zero-order valence-corrected chi connectivity index (χ0v) is 14.6. The molecule has 0 aliphatic rings. The highest BCUT2D eigenvalue weighted by molar-refractivity contribution is 8.00. The van der Waals surface area contributed by atoms with Crippen molar-refractivity contribution in [1.29, 1.82) is 0 Å². The van der Waals surface area contributed by atoms with Crippen LogP contribution < -0.4 is 5.73 Å². The SMILES string of the molecule is CN(C)CCCN(C)S(=O)(=O)CCSc1cccc(N)c1. The lowest BCUT2D eigenvalue weighted by atomic mass is 10.3. The fourth-order valence-electron chi connectivity index (χ4n) is 1.77. The lowest BCUT2D eigenvalue weighted by Gasteiger charge is -2.18. The number of sulfonamides is 1. The Morgan fingerprint density at radius 3 is 2.52 bits per heavy atom. The lowest BCUT2D eigenvalue weighted by molar-refractivity contribution is 0.370. The average Bonchev–Trinajstić information content (AvgIpc) is 2.38. The molecule has 0 heterocycles. The van der Waals surface area contributed by atoms with E-state index in [0.29, 0.717) is 18.0 Å². The average molecular weight is 332 g/mol. The number of nitrogens with two attached hydrogens (primary N) is 1. The van der Waals surface area contributed by atoms with Gasteiger partial charge >= 0.3 is 0 Å². The zero-order valence-electron chi connectivity index (χ0n) is 12.9. The predicted octanol–water partition coefficient (Wildman–Crippen LogP) is 1.57. The Kier molecular flexibility index (Phi) is 7.51. The molecular weight excluding hydrogens is 306 g/mol. The molecule has 1 rings (SSSR count). The van der Waals surface area contributed by atoms with Gasteiger partial charge in [-0.2, -0.15) is 0 Å². The van der Waals surface area contributed by atoms with Gasteiger partial charge in [0.2, 0.25) is 10.0 Å². The standard InChI is InChI=1S/C14H25N3O2S2/c1-16(2)8-5-9-17(3)21(18,19)11-10-20-14-7-4-6-13(15)12-14/h4,6-7,12H,5,8-11,15H2,1-3H3. The van der Waals surface area contributed by atoms with Crippen molar-refractivity contribution in [2.45, 2.75) is 11.3 Å². The maximum absolute atomic E-state index is 12.1. The van der Waals surface area contributed by atoms with E-state index in [-0.39, 0.29) is 5.75 Å². The van der Waals surface area contributed by atoms with Crippen molar-refractivity contribution in [2.75, 3.05) is 51.5 Å². The Morgan fingerprint density at radius 1 is 1.19 bits per heavy atom. The summed E-state index contributed by atoms with van der Waals surface area (Å²) in [5.74, 6) is 0.675. The smallest absolute Gasteiger partial charge is 0.214 e. The molecule has 0 spiro atoms. The van der Waals surface area contributed by atoms with Gasteiger partial charge in [-0.15, -0.1) is 11.8 Å². The van der Waals surface area contributed by atoms with E-state index in [9.17, 15) is 8.42 Å². The molecule has 0 atom stereocenters. The molecule has 2 N–H and O–H groups in total. The van der Waals surface area contributed by atoms with Crippen LogP contribution in [-0.2, 0) is 10.0 Å². The summed E-state index contributed by atoms with van der Waals surface area (Å²) in [5, 5.41) is 0. The highest BCUT2D eigenvalue weighted by Gasteiger charge is 2.17. The van der Waals surface area contributed by atoms with Gasteiger partial charge in [0.25, 0.3) is 0 Å². The van der Waals surface area contributed by atoms with Gasteiger partial charge in [-0.05, 0) is 45.3 Å². The van der Waals surface area contributed by atoms with Gasteiger partial charge < -0.3 is 10.6 Å². The molecule has 0 fully saturated rings. The summed E-state index contributed by atoms with van der Waals surface area (Å²) >= 11 is 1.51. The number of rotatable bonds is 9. The molecule has 120 valence electrons. The van der Waals surface area contributed by atoms with Gasteiger partial charge in [-0.25, -0.2) is 12.7 Å². The number of nitrogen functional groups attached to an aromatic ring is 1. The highest BCUT2D eigenvalue weighted by Crippen LogP contribution is 2.20. The summed E-state index contributed by atoms with van der Waals surface area (Å²) in [7, 11) is 2.44. The van der Waals surface area contributed by atoms with E-state index in [4.69, 9.17) is 5.73 Å². The van der Waals surface area contributed by atoms with E-state index in [1.54, 1.807) is 7.05 Å². The summed E-state index contributed by atoms with van der Waals surface area (Å²) in [6, 6.07) is 7.49. The van der Waals surface area contributed by atoms with Crippen LogP contribution in [0.4, 0.5) is 5.69 Å². The first-order valence-electron chi connectivity index (χ1n) is 6.88. The second-order valence-corrected chi connectivity index (χ2v) is 8.58. The van der Waals surface area contributed by atoms with E-state index in [0.717, 1.165) is 17.9 Å². The molecule has 0 aliphatic carbocycles. The number of hydrogen-bond donors (Lipinski definition) is 1. The van der Waals surface area contributed by atoms with Crippen LogP contribution in [0.3, 0.4) is 0 Å². The van der Waals surface area contributed by atoms with Crippen molar-refractivity contribution in [2.24, 2.45) is 0 Å². The van der Waals surface area contributed by atoms with E-state index in [2.05, 4.69) is 4.90 Å². The molecule has 0 bridgehead atoms. The second kappa shape index (κ2) is 8.63. The lowest BCUT2D eigenvalue weighted by Crippen LogP contribution is -2.32. The van der Waals surface area contributed by atoms with E-state index >= 15 is 0 Å². The van der Waals surface area contributed by atoms with Crippen LogP contribution in [0, 0.1) is 0 Å². The van der Waals surface area contributed by atoms with Crippen molar-refractivity contribution in [1.82, 2.24) is 9.21 Å². The summed E-state index contributed by atoms with van der Waals surface area (Å²) in [4.78, 5) is 3.05. The molecule has 0 aromatic heterocycles. The van der Waals surface area contributed by atoms with E-state index < -0.39 is 10.0 Å². The quantitative estimate of drug-likeness (QED) is 0.550. The number of nitrogens with zero attached hydrogens (tertiary/aromatic N) is 2. The van der Waals surface area contributed by atoms with Crippen LogP contribution in [0.15, 0.2) is 29.2 Å². The third-order valence-electron chi connectivity index (χ3n) is 3.02. The molecule has 1 aromatic carbocycles. The topological polar surface area (TPSA) is 66.6 Å². The minimum atomic E-state index is -3.18. The molecule has 0 amide bonds. The van der Waals surface area contributed by atoms with Gasteiger partial charge in [0, 0.05) is 29.9 Å². The maximum Gasteiger partial charge on any atom is 0.214 e. The molecule has 7 heteroatoms. The summed E-state index contributed by atoms with van der Waals surface area (Å²) in [6.45, 7) is 1.45. The Labute approximate surface area is 132 Å². The van der Waals surface area contributed by atoms with Crippen LogP contribution in [0.2, 0.25) is 0 Å². The van der Waals surface area contributed by atoms with Crippen LogP contribution in [0.25, 0.3) is 0 Å². The highest BCUT2D eigenvalue weighted by atomic mass is 32.2. The minimum absolute atomic E-state index is 0.144. The number of hydrogen-bond acceptors (Lipinski definition) is 5. The molecule has 0 saturated carbocycles. The van der Waals surface area contributed by atoms with E-state index in [1.165, 1.54) is 16.1 Å². The summed E-state index contributed by atoms with van der Waals surface area (Å²) in [6.07, 6.45) is 0.838. The predicted molar refractivity (Wildman–Crippen MR) is 91.2 cm³/mol. The number of thioether (sulfide) groups is 1. The Balaban J connectivity index is 2.38. The number of anilines is 1. The van der Waals surface area contributed by atoms with Crippen LogP contribution in [0.1, 0.15) is 6.42 Å². The van der Waals surface area contributed by atoms with Crippen molar-refractivity contribution in [3.8, 4) is 0 Å². The maximum atomic E-state index is 12.1. The summed E-state index contributed by atoms with van der Waals surface area (Å²) < 4.78 is 25.7. The van der Waals surface area contributed by atoms with Crippen LogP contribution >= 0.6 is 11.8 Å². The molecule has 1 aromatic rings. The first kappa shape index (κ1) is 18.3. The fourth-order valence-corrected chi connectivity index (χ4v) is 4.30. The molecule has 5 nitrogen and oxygen atoms in total. The van der Waals surface area contributed by atoms with Gasteiger partial charge in [-0.1, -0.05) is 6.07 Å². The largest absolute Gasteiger partial charge is 0.399 e. The third-order valence-corrected chi connectivity index (χ3v) is 6.13. The molecule has 0 unspecified atom stereocenters. The molecular formula is C14H25N3O2S2. The van der Waals surface area contributed by atoms with Gasteiger partial charge in [0.05, 0.1) is 5.75 Å². The van der Waals surface area contributed by atoms with Crippen molar-refractivity contribution in [3.63, 3.8) is 0 Å². The fraction of sp³-hybridized carbons (Fsp3) is 0.571.